The summed E-state index contributed by atoms with van der Waals surface area (Å²) < 4.78 is 0. The molecule has 24 heavy (non-hydrogen) atoms. The summed E-state index contributed by atoms with van der Waals surface area (Å²) >= 11 is 0. The highest BCUT2D eigenvalue weighted by Crippen LogP contribution is 2.14. The Balaban J connectivity index is 3.39. The summed E-state index contributed by atoms with van der Waals surface area (Å²) in [4.78, 5) is 24.0. The molecule has 0 heterocycles. The van der Waals surface area contributed by atoms with Gasteiger partial charge in [-0.1, -0.05) is 78.1 Å². The highest BCUT2D eigenvalue weighted by molar-refractivity contribution is 5.83. The zero-order valence-corrected chi connectivity index (χ0v) is 16.4. The van der Waals surface area contributed by atoms with E-state index in [0.717, 1.165) is 18.8 Å². The lowest BCUT2D eigenvalue weighted by Gasteiger charge is -2.21. The Bertz CT molecular complexity index is 342. The normalized spacial score (nSPS) is 12.4. The predicted molar refractivity (Wildman–Crippen MR) is 100 cm³/mol. The number of hydrogen-bond acceptors (Lipinski definition) is 2. The third-order valence-electron chi connectivity index (χ3n) is 4.75. The first kappa shape index (κ1) is 22.9. The lowest BCUT2D eigenvalue weighted by Crippen LogP contribution is -2.40. The minimum absolute atomic E-state index is 0.0636. The van der Waals surface area contributed by atoms with Crippen LogP contribution in [-0.4, -0.2) is 35.0 Å². The number of carbonyl (C=O) groups is 2. The Hall–Kier alpha value is -1.06. The Labute approximate surface area is 149 Å². The van der Waals surface area contributed by atoms with Crippen molar-refractivity contribution in [2.24, 2.45) is 5.92 Å². The number of carboxylic acid groups (broad SMARTS) is 1. The van der Waals surface area contributed by atoms with Gasteiger partial charge < -0.3 is 10.0 Å². The van der Waals surface area contributed by atoms with Gasteiger partial charge in [-0.2, -0.15) is 0 Å². The molecule has 0 aromatic carbocycles. The van der Waals surface area contributed by atoms with E-state index < -0.39 is 12.0 Å². The van der Waals surface area contributed by atoms with Crippen LogP contribution in [0.4, 0.5) is 0 Å². The second-order valence-corrected chi connectivity index (χ2v) is 7.49. The van der Waals surface area contributed by atoms with E-state index >= 15 is 0 Å². The first-order valence-electron chi connectivity index (χ1n) is 9.84. The third-order valence-corrected chi connectivity index (χ3v) is 4.75. The molecular formula is C20H39NO3. The van der Waals surface area contributed by atoms with Gasteiger partial charge in [0.05, 0.1) is 0 Å². The van der Waals surface area contributed by atoms with E-state index in [1.165, 1.54) is 62.7 Å². The average Bonchev–Trinajstić information content (AvgIpc) is 2.53. The molecule has 0 bridgehead atoms. The topological polar surface area (TPSA) is 57.6 Å². The van der Waals surface area contributed by atoms with Crippen LogP contribution < -0.4 is 0 Å². The zero-order valence-electron chi connectivity index (χ0n) is 16.4. The van der Waals surface area contributed by atoms with Gasteiger partial charge in [0.1, 0.15) is 6.04 Å². The van der Waals surface area contributed by atoms with Crippen molar-refractivity contribution in [1.29, 1.82) is 0 Å². The molecule has 0 aromatic rings. The van der Waals surface area contributed by atoms with Gasteiger partial charge in [0, 0.05) is 13.5 Å². The van der Waals surface area contributed by atoms with E-state index in [0.29, 0.717) is 6.42 Å². The molecule has 1 atom stereocenters. The van der Waals surface area contributed by atoms with Crippen LogP contribution in [0.15, 0.2) is 0 Å². The van der Waals surface area contributed by atoms with Gasteiger partial charge in [-0.05, 0) is 19.3 Å². The van der Waals surface area contributed by atoms with Crippen LogP contribution in [0.5, 0.6) is 0 Å². The summed E-state index contributed by atoms with van der Waals surface area (Å²) in [5.41, 5.74) is 0. The Kier molecular flexibility index (Phi) is 13.7. The van der Waals surface area contributed by atoms with E-state index in [9.17, 15) is 9.59 Å². The maximum Gasteiger partial charge on any atom is 0.326 e. The van der Waals surface area contributed by atoms with E-state index in [1.54, 1.807) is 14.0 Å². The monoisotopic (exact) mass is 341 g/mol. The standard InChI is InChI=1S/C20H39NO3/c1-17(2)15-13-11-9-7-5-6-8-10-12-14-16-19(22)21(4)18(3)20(23)24/h17-18H,5-16H2,1-4H3,(H,23,24)/t18-/m0/s1. The van der Waals surface area contributed by atoms with Crippen molar-refractivity contribution in [2.45, 2.75) is 104 Å². The molecule has 0 aromatic heterocycles. The highest BCUT2D eigenvalue weighted by Gasteiger charge is 2.20. The quantitative estimate of drug-likeness (QED) is 0.414. The number of nitrogens with zero attached hydrogens (tertiary/aromatic N) is 1. The van der Waals surface area contributed by atoms with Crippen LogP contribution in [0.1, 0.15) is 97.8 Å². The van der Waals surface area contributed by atoms with Gasteiger partial charge in [-0.25, -0.2) is 4.79 Å². The first-order chi connectivity index (χ1) is 11.4. The van der Waals surface area contributed by atoms with Crippen molar-refractivity contribution in [2.75, 3.05) is 7.05 Å². The van der Waals surface area contributed by atoms with Crippen LogP contribution in [0, 0.1) is 5.92 Å². The SMILES string of the molecule is CC(C)CCCCCCCCCCCCC(=O)N(C)[C@@H](C)C(=O)O. The Morgan fingerprint density at radius 1 is 0.792 bits per heavy atom. The van der Waals surface area contributed by atoms with Crippen molar-refractivity contribution in [3.63, 3.8) is 0 Å². The molecule has 1 N–H and O–H groups in total. The summed E-state index contributed by atoms with van der Waals surface area (Å²) in [5, 5.41) is 8.89. The lowest BCUT2D eigenvalue weighted by atomic mass is 10.0. The van der Waals surface area contributed by atoms with Crippen LogP contribution in [0.3, 0.4) is 0 Å². The fraction of sp³-hybridized carbons (Fsp3) is 0.900. The van der Waals surface area contributed by atoms with Crippen molar-refractivity contribution < 1.29 is 14.7 Å². The van der Waals surface area contributed by atoms with E-state index in [4.69, 9.17) is 5.11 Å². The molecule has 0 radical (unpaired) electrons. The number of aliphatic carboxylic acids is 1. The number of carbonyl (C=O) groups excluding carboxylic acids is 1. The number of likely N-dealkylation sites (N-methyl/N-ethyl adjacent to an activating group) is 1. The Morgan fingerprint density at radius 3 is 1.62 bits per heavy atom. The summed E-state index contributed by atoms with van der Waals surface area (Å²) in [6, 6.07) is -0.738. The molecule has 0 aliphatic carbocycles. The van der Waals surface area contributed by atoms with Gasteiger partial charge in [0.15, 0.2) is 0 Å². The molecule has 0 saturated heterocycles. The fourth-order valence-electron chi connectivity index (χ4n) is 2.80. The van der Waals surface area contributed by atoms with Gasteiger partial charge in [0.2, 0.25) is 5.91 Å². The van der Waals surface area contributed by atoms with Gasteiger partial charge >= 0.3 is 5.97 Å². The minimum atomic E-state index is -0.949. The van der Waals surface area contributed by atoms with Crippen LogP contribution in [-0.2, 0) is 9.59 Å². The molecule has 0 saturated carbocycles. The lowest BCUT2D eigenvalue weighted by molar-refractivity contribution is -0.148. The van der Waals surface area contributed by atoms with Gasteiger partial charge in [-0.3, -0.25) is 4.79 Å². The average molecular weight is 342 g/mol. The molecular weight excluding hydrogens is 302 g/mol. The van der Waals surface area contributed by atoms with Crippen LogP contribution in [0.25, 0.3) is 0 Å². The zero-order chi connectivity index (χ0) is 18.4. The molecule has 0 rings (SSSR count). The minimum Gasteiger partial charge on any atom is -0.480 e. The molecule has 4 nitrogen and oxygen atoms in total. The molecule has 0 fully saturated rings. The van der Waals surface area contributed by atoms with E-state index in [2.05, 4.69) is 13.8 Å². The molecule has 0 unspecified atom stereocenters. The number of unbranched alkanes of at least 4 members (excludes halogenated alkanes) is 9. The van der Waals surface area contributed by atoms with Crippen molar-refractivity contribution in [3.8, 4) is 0 Å². The molecule has 4 heteroatoms. The molecule has 142 valence electrons. The summed E-state index contributed by atoms with van der Waals surface area (Å²) in [7, 11) is 1.57. The van der Waals surface area contributed by atoms with E-state index in [1.807, 2.05) is 0 Å². The smallest absolute Gasteiger partial charge is 0.326 e. The highest BCUT2D eigenvalue weighted by atomic mass is 16.4. The van der Waals surface area contributed by atoms with Gasteiger partial charge in [0.25, 0.3) is 0 Å². The molecule has 1 amide bonds. The summed E-state index contributed by atoms with van der Waals surface area (Å²) in [6.07, 6.45) is 14.3. The summed E-state index contributed by atoms with van der Waals surface area (Å²) in [5.74, 6) is -0.176. The Morgan fingerprint density at radius 2 is 1.21 bits per heavy atom. The summed E-state index contributed by atoms with van der Waals surface area (Å²) in [6.45, 7) is 6.12. The fourth-order valence-corrected chi connectivity index (χ4v) is 2.80. The number of amides is 1. The second kappa shape index (κ2) is 14.3. The molecule has 0 spiro atoms. The third kappa shape index (κ3) is 12.4. The number of hydrogen-bond donors (Lipinski definition) is 1. The largest absolute Gasteiger partial charge is 0.480 e. The van der Waals surface area contributed by atoms with Crippen molar-refractivity contribution in [1.82, 2.24) is 4.90 Å². The maximum atomic E-state index is 11.9. The molecule has 0 aliphatic rings. The van der Waals surface area contributed by atoms with Crippen LogP contribution in [0.2, 0.25) is 0 Å². The van der Waals surface area contributed by atoms with Gasteiger partial charge in [-0.15, -0.1) is 0 Å². The predicted octanol–water partition coefficient (Wildman–Crippen LogP) is 5.26. The van der Waals surface area contributed by atoms with Crippen LogP contribution >= 0.6 is 0 Å². The van der Waals surface area contributed by atoms with Crippen molar-refractivity contribution >= 4 is 11.9 Å². The molecule has 0 aliphatic heterocycles. The first-order valence-corrected chi connectivity index (χ1v) is 9.84. The second-order valence-electron chi connectivity index (χ2n) is 7.49. The van der Waals surface area contributed by atoms with Crippen molar-refractivity contribution in [3.05, 3.63) is 0 Å². The number of carboxylic acids is 1. The number of rotatable bonds is 15. The van der Waals surface area contributed by atoms with E-state index in [-0.39, 0.29) is 5.91 Å². The maximum absolute atomic E-state index is 11.9.